The standard InChI is InChI=1S/C5H12O.C2H4O2/c1-4(2)5(3)6;1-2(3)4/h4-6H,1-3H3;1H3,(H,3,4). The quantitative estimate of drug-likeness (QED) is 0.585. The average Bonchev–Trinajstić information content (AvgIpc) is 1.63. The predicted octanol–water partition coefficient (Wildman–Crippen LogP) is 1.11. The molecular weight excluding hydrogens is 132 g/mol. The van der Waals surface area contributed by atoms with Crippen molar-refractivity contribution in [2.24, 2.45) is 5.92 Å². The summed E-state index contributed by atoms with van der Waals surface area (Å²) in [5.74, 6) is -0.426. The summed E-state index contributed by atoms with van der Waals surface area (Å²) < 4.78 is 0. The zero-order valence-electron chi connectivity index (χ0n) is 6.96. The number of rotatable bonds is 1. The van der Waals surface area contributed by atoms with E-state index in [9.17, 15) is 0 Å². The SMILES string of the molecule is CC(=O)O.CC(C)C(C)O. The summed E-state index contributed by atoms with van der Waals surface area (Å²) in [6.45, 7) is 6.86. The topological polar surface area (TPSA) is 57.5 Å². The molecule has 1 unspecified atom stereocenters. The first-order valence-corrected chi connectivity index (χ1v) is 3.25. The third kappa shape index (κ3) is 26.1. The second-order valence-corrected chi connectivity index (χ2v) is 2.50. The maximum absolute atomic E-state index is 9.00. The molecule has 3 nitrogen and oxygen atoms in total. The molecule has 0 aliphatic heterocycles. The van der Waals surface area contributed by atoms with Crippen LogP contribution in [0.3, 0.4) is 0 Å². The van der Waals surface area contributed by atoms with Crippen LogP contribution in [-0.2, 0) is 4.79 Å². The molecule has 0 spiro atoms. The van der Waals surface area contributed by atoms with Crippen LogP contribution < -0.4 is 0 Å². The second kappa shape index (κ2) is 6.55. The number of aliphatic hydroxyl groups is 1. The molecule has 62 valence electrons. The van der Waals surface area contributed by atoms with Crippen LogP contribution in [0.5, 0.6) is 0 Å². The highest BCUT2D eigenvalue weighted by molar-refractivity contribution is 5.62. The van der Waals surface area contributed by atoms with Crippen LogP contribution >= 0.6 is 0 Å². The summed E-state index contributed by atoms with van der Waals surface area (Å²) in [5, 5.41) is 16.0. The van der Waals surface area contributed by atoms with Crippen molar-refractivity contribution in [3.05, 3.63) is 0 Å². The van der Waals surface area contributed by atoms with Gasteiger partial charge in [0.05, 0.1) is 6.10 Å². The minimum atomic E-state index is -0.833. The van der Waals surface area contributed by atoms with Crippen LogP contribution in [0.1, 0.15) is 27.7 Å². The summed E-state index contributed by atoms with van der Waals surface area (Å²) in [7, 11) is 0. The third-order valence-electron chi connectivity index (χ3n) is 0.965. The number of hydrogen-bond donors (Lipinski definition) is 2. The Morgan fingerprint density at radius 1 is 1.30 bits per heavy atom. The van der Waals surface area contributed by atoms with E-state index in [0.717, 1.165) is 6.92 Å². The molecule has 10 heavy (non-hydrogen) atoms. The lowest BCUT2D eigenvalue weighted by Crippen LogP contribution is -2.07. The summed E-state index contributed by atoms with van der Waals surface area (Å²) in [4.78, 5) is 9.00. The Balaban J connectivity index is 0. The second-order valence-electron chi connectivity index (χ2n) is 2.50. The van der Waals surface area contributed by atoms with Gasteiger partial charge in [-0.2, -0.15) is 0 Å². The molecule has 0 saturated heterocycles. The van der Waals surface area contributed by atoms with Gasteiger partial charge in [0.1, 0.15) is 0 Å². The molecule has 0 aromatic carbocycles. The van der Waals surface area contributed by atoms with Gasteiger partial charge in [-0.1, -0.05) is 13.8 Å². The molecule has 0 saturated carbocycles. The van der Waals surface area contributed by atoms with Crippen molar-refractivity contribution >= 4 is 5.97 Å². The zero-order valence-corrected chi connectivity index (χ0v) is 6.96. The Morgan fingerprint density at radius 2 is 1.40 bits per heavy atom. The molecule has 0 aliphatic rings. The van der Waals surface area contributed by atoms with E-state index in [0.29, 0.717) is 5.92 Å². The Bertz CT molecular complexity index is 76.9. The van der Waals surface area contributed by atoms with Crippen molar-refractivity contribution in [2.45, 2.75) is 33.8 Å². The monoisotopic (exact) mass is 148 g/mol. The van der Waals surface area contributed by atoms with E-state index >= 15 is 0 Å². The molecule has 0 bridgehead atoms. The van der Waals surface area contributed by atoms with Crippen molar-refractivity contribution < 1.29 is 15.0 Å². The number of carboxylic acid groups (broad SMARTS) is 1. The van der Waals surface area contributed by atoms with Gasteiger partial charge in [-0.05, 0) is 12.8 Å². The molecule has 0 heterocycles. The van der Waals surface area contributed by atoms with E-state index in [1.54, 1.807) is 6.92 Å². The number of aliphatic hydroxyl groups excluding tert-OH is 1. The van der Waals surface area contributed by atoms with Gasteiger partial charge in [0.25, 0.3) is 5.97 Å². The van der Waals surface area contributed by atoms with Gasteiger partial charge < -0.3 is 10.2 Å². The van der Waals surface area contributed by atoms with E-state index in [-0.39, 0.29) is 6.10 Å². The maximum atomic E-state index is 9.00. The highest BCUT2D eigenvalue weighted by Crippen LogP contribution is 1.96. The van der Waals surface area contributed by atoms with Gasteiger partial charge in [0, 0.05) is 6.92 Å². The Hall–Kier alpha value is -0.570. The number of aliphatic carboxylic acids is 1. The highest BCUT2D eigenvalue weighted by Gasteiger charge is 1.97. The smallest absolute Gasteiger partial charge is 0.300 e. The number of carboxylic acids is 1. The maximum Gasteiger partial charge on any atom is 0.300 e. The fourth-order valence-corrected chi connectivity index (χ4v) is 0. The molecule has 2 N–H and O–H groups in total. The van der Waals surface area contributed by atoms with Crippen LogP contribution in [0.4, 0.5) is 0 Å². The first-order valence-electron chi connectivity index (χ1n) is 3.25. The van der Waals surface area contributed by atoms with Crippen molar-refractivity contribution in [3.8, 4) is 0 Å². The third-order valence-corrected chi connectivity index (χ3v) is 0.965. The predicted molar refractivity (Wildman–Crippen MR) is 39.8 cm³/mol. The van der Waals surface area contributed by atoms with Gasteiger partial charge in [-0.25, -0.2) is 0 Å². The molecular formula is C7H16O3. The molecule has 0 aromatic heterocycles. The molecule has 3 heteroatoms. The summed E-state index contributed by atoms with van der Waals surface area (Å²) >= 11 is 0. The first kappa shape index (κ1) is 12.1. The van der Waals surface area contributed by atoms with Crippen molar-refractivity contribution in [1.82, 2.24) is 0 Å². The summed E-state index contributed by atoms with van der Waals surface area (Å²) in [5.41, 5.74) is 0. The van der Waals surface area contributed by atoms with Crippen LogP contribution in [0.25, 0.3) is 0 Å². The highest BCUT2D eigenvalue weighted by atomic mass is 16.4. The molecule has 1 atom stereocenters. The average molecular weight is 148 g/mol. The van der Waals surface area contributed by atoms with Crippen LogP contribution in [0.15, 0.2) is 0 Å². The normalized spacial score (nSPS) is 11.8. The first-order chi connectivity index (χ1) is 4.37. The molecule has 0 rings (SSSR count). The lowest BCUT2D eigenvalue weighted by atomic mass is 10.1. The minimum Gasteiger partial charge on any atom is -0.481 e. The lowest BCUT2D eigenvalue weighted by molar-refractivity contribution is -0.134. The molecule has 0 fully saturated rings. The van der Waals surface area contributed by atoms with Gasteiger partial charge in [0.15, 0.2) is 0 Å². The fraction of sp³-hybridized carbons (Fsp3) is 0.857. The lowest BCUT2D eigenvalue weighted by Gasteiger charge is -2.04. The van der Waals surface area contributed by atoms with Crippen molar-refractivity contribution in [3.63, 3.8) is 0 Å². The molecule has 0 radical (unpaired) electrons. The number of hydrogen-bond acceptors (Lipinski definition) is 2. The van der Waals surface area contributed by atoms with E-state index < -0.39 is 5.97 Å². The van der Waals surface area contributed by atoms with Crippen LogP contribution in [0.2, 0.25) is 0 Å². The van der Waals surface area contributed by atoms with Gasteiger partial charge in [-0.15, -0.1) is 0 Å². The van der Waals surface area contributed by atoms with Crippen LogP contribution in [0, 0.1) is 5.92 Å². The largest absolute Gasteiger partial charge is 0.481 e. The Morgan fingerprint density at radius 3 is 1.40 bits per heavy atom. The number of carbonyl (C=O) groups is 1. The van der Waals surface area contributed by atoms with E-state index in [2.05, 4.69) is 0 Å². The van der Waals surface area contributed by atoms with E-state index in [1.807, 2.05) is 13.8 Å². The van der Waals surface area contributed by atoms with Crippen molar-refractivity contribution in [2.75, 3.05) is 0 Å². The molecule has 0 aromatic rings. The van der Waals surface area contributed by atoms with Gasteiger partial charge in [0.2, 0.25) is 0 Å². The van der Waals surface area contributed by atoms with Gasteiger partial charge in [-0.3, -0.25) is 4.79 Å². The minimum absolute atomic E-state index is 0.148. The summed E-state index contributed by atoms with van der Waals surface area (Å²) in [6, 6.07) is 0. The van der Waals surface area contributed by atoms with Crippen molar-refractivity contribution in [1.29, 1.82) is 0 Å². The summed E-state index contributed by atoms with van der Waals surface area (Å²) in [6.07, 6.45) is -0.148. The fourth-order valence-electron chi connectivity index (χ4n) is 0. The Kier molecular flexibility index (Phi) is 7.95. The van der Waals surface area contributed by atoms with E-state index in [1.165, 1.54) is 0 Å². The zero-order chi connectivity index (χ0) is 8.73. The van der Waals surface area contributed by atoms with Gasteiger partial charge >= 0.3 is 0 Å². The Labute approximate surface area is 61.7 Å². The van der Waals surface area contributed by atoms with E-state index in [4.69, 9.17) is 15.0 Å². The molecule has 0 aliphatic carbocycles. The van der Waals surface area contributed by atoms with Crippen LogP contribution in [-0.4, -0.2) is 22.3 Å². The molecule has 0 amide bonds.